The molecule has 2 rings (SSSR count). The number of ether oxygens (including phenoxy) is 1. The number of rotatable bonds is 6. The Bertz CT molecular complexity index is 485. The molecule has 0 aromatic carbocycles. The van der Waals surface area contributed by atoms with Crippen molar-refractivity contribution in [2.24, 2.45) is 0 Å². The van der Waals surface area contributed by atoms with Crippen molar-refractivity contribution in [3.05, 3.63) is 18.7 Å². The fraction of sp³-hybridized carbons (Fsp3) is 0.400. The molecule has 0 aliphatic rings. The van der Waals surface area contributed by atoms with Gasteiger partial charge in [0.15, 0.2) is 0 Å². The van der Waals surface area contributed by atoms with Crippen molar-refractivity contribution in [3.63, 3.8) is 0 Å². The van der Waals surface area contributed by atoms with Crippen LogP contribution in [0.4, 0.5) is 11.9 Å². The minimum absolute atomic E-state index is 0.494. The van der Waals surface area contributed by atoms with Crippen LogP contribution in [-0.4, -0.2) is 51.8 Å². The van der Waals surface area contributed by atoms with Crippen LogP contribution in [-0.2, 0) is 4.74 Å². The van der Waals surface area contributed by atoms with E-state index >= 15 is 0 Å². The molecular formula is C10H15N7O. The Balaban J connectivity index is 2.22. The van der Waals surface area contributed by atoms with Gasteiger partial charge in [0.1, 0.15) is 6.33 Å². The van der Waals surface area contributed by atoms with Gasteiger partial charge in [-0.05, 0) is 0 Å². The Morgan fingerprint density at radius 3 is 2.78 bits per heavy atom. The fourth-order valence-corrected chi connectivity index (χ4v) is 1.31. The maximum absolute atomic E-state index is 4.96. The number of nitrogens with zero attached hydrogens (tertiary/aromatic N) is 5. The summed E-state index contributed by atoms with van der Waals surface area (Å²) in [5.74, 6) is 1.50. The smallest absolute Gasteiger partial charge is 0.241 e. The van der Waals surface area contributed by atoms with Gasteiger partial charge in [-0.3, -0.25) is 4.57 Å². The highest BCUT2D eigenvalue weighted by molar-refractivity contribution is 5.37. The van der Waals surface area contributed by atoms with Crippen molar-refractivity contribution in [2.45, 2.75) is 0 Å². The molecule has 8 heteroatoms. The average Bonchev–Trinajstić information content (AvgIpc) is 2.92. The lowest BCUT2D eigenvalue weighted by Gasteiger charge is -2.08. The van der Waals surface area contributed by atoms with Crippen LogP contribution < -0.4 is 10.6 Å². The van der Waals surface area contributed by atoms with Crippen LogP contribution in [0.2, 0.25) is 0 Å². The number of anilines is 2. The molecule has 2 heterocycles. The standard InChI is InChI=1S/C10H15N7O/c1-11-8-14-9(13-4-6-18-2)16-10(15-8)17-5-3-12-7-17/h3,5,7H,4,6H2,1-2H3,(H2,11,13,14,15,16). The molecule has 0 spiro atoms. The number of imidazole rings is 1. The van der Waals surface area contributed by atoms with E-state index in [4.69, 9.17) is 4.74 Å². The Hall–Kier alpha value is -2.22. The summed E-state index contributed by atoms with van der Waals surface area (Å²) >= 11 is 0. The first-order valence-electron chi connectivity index (χ1n) is 5.48. The first-order valence-corrected chi connectivity index (χ1v) is 5.48. The van der Waals surface area contributed by atoms with Crippen molar-refractivity contribution >= 4 is 11.9 Å². The molecule has 96 valence electrons. The van der Waals surface area contributed by atoms with Gasteiger partial charge in [0.2, 0.25) is 17.8 Å². The van der Waals surface area contributed by atoms with Crippen molar-refractivity contribution in [1.82, 2.24) is 24.5 Å². The lowest BCUT2D eigenvalue weighted by molar-refractivity contribution is 0.210. The quantitative estimate of drug-likeness (QED) is 0.704. The van der Waals surface area contributed by atoms with E-state index < -0.39 is 0 Å². The van der Waals surface area contributed by atoms with Gasteiger partial charge in [-0.15, -0.1) is 0 Å². The molecular weight excluding hydrogens is 234 g/mol. The molecule has 2 aromatic heterocycles. The second kappa shape index (κ2) is 5.92. The summed E-state index contributed by atoms with van der Waals surface area (Å²) < 4.78 is 6.67. The predicted molar refractivity (Wildman–Crippen MR) is 66.9 cm³/mol. The molecule has 18 heavy (non-hydrogen) atoms. The van der Waals surface area contributed by atoms with Crippen LogP contribution >= 0.6 is 0 Å². The zero-order chi connectivity index (χ0) is 12.8. The Kier molecular flexibility index (Phi) is 4.02. The number of aromatic nitrogens is 5. The van der Waals surface area contributed by atoms with Gasteiger partial charge in [-0.2, -0.15) is 15.0 Å². The molecule has 2 N–H and O–H groups in total. The topological polar surface area (TPSA) is 89.8 Å². The molecule has 0 amide bonds. The maximum Gasteiger partial charge on any atom is 0.241 e. The third kappa shape index (κ3) is 2.92. The van der Waals surface area contributed by atoms with Gasteiger partial charge >= 0.3 is 0 Å². The van der Waals surface area contributed by atoms with Gasteiger partial charge in [0.25, 0.3) is 0 Å². The Labute approximate surface area is 104 Å². The van der Waals surface area contributed by atoms with Gasteiger partial charge in [-0.1, -0.05) is 0 Å². The molecule has 0 saturated heterocycles. The van der Waals surface area contributed by atoms with Crippen LogP contribution in [0.1, 0.15) is 0 Å². The van der Waals surface area contributed by atoms with E-state index in [2.05, 4.69) is 30.6 Å². The number of methoxy groups -OCH3 is 1. The lowest BCUT2D eigenvalue weighted by atomic mass is 10.6. The highest BCUT2D eigenvalue weighted by Gasteiger charge is 2.06. The molecule has 0 radical (unpaired) electrons. The van der Waals surface area contributed by atoms with Gasteiger partial charge in [0, 0.05) is 33.1 Å². The van der Waals surface area contributed by atoms with E-state index in [1.165, 1.54) is 0 Å². The van der Waals surface area contributed by atoms with E-state index in [1.807, 2.05) is 0 Å². The predicted octanol–water partition coefficient (Wildman–Crippen LogP) is 0.157. The highest BCUT2D eigenvalue weighted by Crippen LogP contribution is 2.08. The number of hydrogen-bond donors (Lipinski definition) is 2. The van der Waals surface area contributed by atoms with Crippen LogP contribution in [0.3, 0.4) is 0 Å². The fourth-order valence-electron chi connectivity index (χ4n) is 1.31. The van der Waals surface area contributed by atoms with Crippen LogP contribution in [0.25, 0.3) is 5.95 Å². The first-order chi connectivity index (χ1) is 8.83. The summed E-state index contributed by atoms with van der Waals surface area (Å²) in [6, 6.07) is 0. The Morgan fingerprint density at radius 2 is 2.11 bits per heavy atom. The molecule has 0 fully saturated rings. The van der Waals surface area contributed by atoms with Crippen LogP contribution in [0, 0.1) is 0 Å². The van der Waals surface area contributed by atoms with Crippen molar-refractivity contribution in [3.8, 4) is 5.95 Å². The molecule has 0 aliphatic heterocycles. The summed E-state index contributed by atoms with van der Waals surface area (Å²) in [5, 5.41) is 5.95. The van der Waals surface area contributed by atoms with Crippen LogP contribution in [0.15, 0.2) is 18.7 Å². The van der Waals surface area contributed by atoms with E-state index in [9.17, 15) is 0 Å². The molecule has 0 atom stereocenters. The average molecular weight is 249 g/mol. The van der Waals surface area contributed by atoms with Crippen LogP contribution in [0.5, 0.6) is 0 Å². The minimum Gasteiger partial charge on any atom is -0.383 e. The second-order valence-electron chi connectivity index (χ2n) is 3.42. The van der Waals surface area contributed by atoms with E-state index in [0.717, 1.165) is 0 Å². The monoisotopic (exact) mass is 249 g/mol. The summed E-state index contributed by atoms with van der Waals surface area (Å²) in [5.41, 5.74) is 0. The third-order valence-electron chi connectivity index (χ3n) is 2.17. The zero-order valence-electron chi connectivity index (χ0n) is 10.3. The summed E-state index contributed by atoms with van der Waals surface area (Å²) in [4.78, 5) is 16.7. The summed E-state index contributed by atoms with van der Waals surface area (Å²) in [7, 11) is 3.40. The van der Waals surface area contributed by atoms with E-state index in [0.29, 0.717) is 31.0 Å². The number of nitrogens with one attached hydrogen (secondary N) is 2. The van der Waals surface area contributed by atoms with Gasteiger partial charge < -0.3 is 15.4 Å². The maximum atomic E-state index is 4.96. The highest BCUT2D eigenvalue weighted by atomic mass is 16.5. The number of hydrogen-bond acceptors (Lipinski definition) is 7. The zero-order valence-corrected chi connectivity index (χ0v) is 10.3. The lowest BCUT2D eigenvalue weighted by Crippen LogP contribution is -2.13. The largest absolute Gasteiger partial charge is 0.383 e. The van der Waals surface area contributed by atoms with E-state index in [1.54, 1.807) is 37.4 Å². The second-order valence-corrected chi connectivity index (χ2v) is 3.42. The van der Waals surface area contributed by atoms with E-state index in [-0.39, 0.29) is 0 Å². The molecule has 0 bridgehead atoms. The molecule has 8 nitrogen and oxygen atoms in total. The minimum atomic E-state index is 0.494. The van der Waals surface area contributed by atoms with Crippen molar-refractivity contribution < 1.29 is 4.74 Å². The molecule has 0 aliphatic carbocycles. The summed E-state index contributed by atoms with van der Waals surface area (Å²) in [6.45, 7) is 1.22. The third-order valence-corrected chi connectivity index (χ3v) is 2.17. The Morgan fingerprint density at radius 1 is 1.28 bits per heavy atom. The first kappa shape index (κ1) is 12.2. The molecule has 0 saturated carbocycles. The van der Waals surface area contributed by atoms with Crippen molar-refractivity contribution in [1.29, 1.82) is 0 Å². The van der Waals surface area contributed by atoms with Crippen molar-refractivity contribution in [2.75, 3.05) is 37.9 Å². The molecule has 2 aromatic rings. The molecule has 0 unspecified atom stereocenters. The van der Waals surface area contributed by atoms with Gasteiger partial charge in [0.05, 0.1) is 6.61 Å². The summed E-state index contributed by atoms with van der Waals surface area (Å²) in [6.07, 6.45) is 5.07. The SMILES string of the molecule is CNc1nc(NCCOC)nc(-n2ccnc2)n1. The normalized spacial score (nSPS) is 10.3. The van der Waals surface area contributed by atoms with Gasteiger partial charge in [-0.25, -0.2) is 4.98 Å².